The summed E-state index contributed by atoms with van der Waals surface area (Å²) < 4.78 is 10.5. The van der Waals surface area contributed by atoms with Gasteiger partial charge in [-0.05, 0) is 19.8 Å². The van der Waals surface area contributed by atoms with Crippen LogP contribution < -0.4 is 11.1 Å². The molecule has 1 saturated heterocycles. The number of rotatable bonds is 5. The number of hydrogen-bond donors (Lipinski definition) is 2. The highest BCUT2D eigenvalue weighted by molar-refractivity contribution is 4.93. The van der Waals surface area contributed by atoms with Crippen molar-refractivity contribution >= 4 is 0 Å². The molecular formula is C10H22N2O2. The van der Waals surface area contributed by atoms with Crippen LogP contribution in [0.1, 0.15) is 19.8 Å². The molecule has 14 heavy (non-hydrogen) atoms. The highest BCUT2D eigenvalue weighted by Crippen LogP contribution is 2.23. The molecule has 1 aliphatic heterocycles. The Morgan fingerprint density at radius 1 is 1.64 bits per heavy atom. The van der Waals surface area contributed by atoms with Crippen molar-refractivity contribution in [1.29, 1.82) is 0 Å². The van der Waals surface area contributed by atoms with E-state index in [4.69, 9.17) is 15.2 Å². The summed E-state index contributed by atoms with van der Waals surface area (Å²) in [4.78, 5) is 0. The Bertz CT molecular complexity index is 166. The van der Waals surface area contributed by atoms with Gasteiger partial charge in [0.2, 0.25) is 0 Å². The first-order chi connectivity index (χ1) is 6.72. The first-order valence-corrected chi connectivity index (χ1v) is 5.28. The SMILES string of the molecule is COCCNC1(CN)CCOC(C)C1. The van der Waals surface area contributed by atoms with Gasteiger partial charge in [-0.2, -0.15) is 0 Å². The van der Waals surface area contributed by atoms with Crippen LogP contribution in [0.5, 0.6) is 0 Å². The van der Waals surface area contributed by atoms with Crippen molar-refractivity contribution in [2.24, 2.45) is 5.73 Å². The van der Waals surface area contributed by atoms with Gasteiger partial charge in [0.25, 0.3) is 0 Å². The number of methoxy groups -OCH3 is 1. The Hall–Kier alpha value is -0.160. The fourth-order valence-electron chi connectivity index (χ4n) is 2.00. The van der Waals surface area contributed by atoms with Crippen LogP contribution in [0, 0.1) is 0 Å². The summed E-state index contributed by atoms with van der Waals surface area (Å²) in [5, 5.41) is 3.49. The van der Waals surface area contributed by atoms with E-state index in [1.807, 2.05) is 0 Å². The minimum absolute atomic E-state index is 0.0657. The molecule has 0 radical (unpaired) electrons. The minimum Gasteiger partial charge on any atom is -0.383 e. The maximum absolute atomic E-state index is 5.82. The number of nitrogens with two attached hydrogens (primary N) is 1. The van der Waals surface area contributed by atoms with Gasteiger partial charge in [-0.15, -0.1) is 0 Å². The zero-order valence-electron chi connectivity index (χ0n) is 9.21. The van der Waals surface area contributed by atoms with Crippen molar-refractivity contribution < 1.29 is 9.47 Å². The van der Waals surface area contributed by atoms with E-state index in [1.54, 1.807) is 7.11 Å². The van der Waals surface area contributed by atoms with Crippen molar-refractivity contribution in [1.82, 2.24) is 5.32 Å². The van der Waals surface area contributed by atoms with Crippen molar-refractivity contribution in [3.05, 3.63) is 0 Å². The van der Waals surface area contributed by atoms with Crippen LogP contribution in [0.2, 0.25) is 0 Å². The molecular weight excluding hydrogens is 180 g/mol. The lowest BCUT2D eigenvalue weighted by Gasteiger charge is -2.40. The van der Waals surface area contributed by atoms with Crippen LogP contribution >= 0.6 is 0 Å². The van der Waals surface area contributed by atoms with Crippen LogP contribution in [-0.2, 0) is 9.47 Å². The second kappa shape index (κ2) is 5.66. The summed E-state index contributed by atoms with van der Waals surface area (Å²) in [5.41, 5.74) is 5.89. The number of nitrogens with one attached hydrogen (secondary N) is 1. The zero-order chi connectivity index (χ0) is 10.4. The molecule has 1 heterocycles. The van der Waals surface area contributed by atoms with Crippen LogP contribution in [0.15, 0.2) is 0 Å². The molecule has 0 aromatic carbocycles. The molecule has 0 aromatic heterocycles. The minimum atomic E-state index is 0.0657. The fourth-order valence-corrected chi connectivity index (χ4v) is 2.00. The van der Waals surface area contributed by atoms with Crippen LogP contribution in [0.25, 0.3) is 0 Å². The molecule has 2 atom stereocenters. The fraction of sp³-hybridized carbons (Fsp3) is 1.00. The van der Waals surface area contributed by atoms with Gasteiger partial charge in [-0.1, -0.05) is 0 Å². The maximum atomic E-state index is 5.82. The largest absolute Gasteiger partial charge is 0.383 e. The van der Waals surface area contributed by atoms with Gasteiger partial charge in [0.05, 0.1) is 12.7 Å². The molecule has 0 aliphatic carbocycles. The predicted octanol–water partition coefficient (Wildman–Crippen LogP) is 0.119. The first-order valence-electron chi connectivity index (χ1n) is 5.28. The van der Waals surface area contributed by atoms with E-state index in [-0.39, 0.29) is 5.54 Å². The number of hydrogen-bond acceptors (Lipinski definition) is 4. The Morgan fingerprint density at radius 2 is 2.43 bits per heavy atom. The molecule has 0 bridgehead atoms. The van der Waals surface area contributed by atoms with E-state index >= 15 is 0 Å². The molecule has 0 amide bonds. The summed E-state index contributed by atoms with van der Waals surface area (Å²) >= 11 is 0. The third-order valence-electron chi connectivity index (χ3n) is 2.86. The van der Waals surface area contributed by atoms with Gasteiger partial charge in [0.1, 0.15) is 0 Å². The van der Waals surface area contributed by atoms with Gasteiger partial charge in [0, 0.05) is 32.3 Å². The van der Waals surface area contributed by atoms with Crippen LogP contribution in [0.4, 0.5) is 0 Å². The number of ether oxygens (including phenoxy) is 2. The van der Waals surface area contributed by atoms with Crippen molar-refractivity contribution in [2.45, 2.75) is 31.4 Å². The van der Waals surface area contributed by atoms with Gasteiger partial charge in [0.15, 0.2) is 0 Å². The lowest BCUT2D eigenvalue weighted by Crippen LogP contribution is -2.56. The Morgan fingerprint density at radius 3 is 3.00 bits per heavy atom. The average molecular weight is 202 g/mol. The molecule has 1 aliphatic rings. The van der Waals surface area contributed by atoms with Crippen molar-refractivity contribution in [3.8, 4) is 0 Å². The average Bonchev–Trinajstić information content (AvgIpc) is 2.18. The van der Waals surface area contributed by atoms with E-state index < -0.39 is 0 Å². The third kappa shape index (κ3) is 3.20. The molecule has 84 valence electrons. The van der Waals surface area contributed by atoms with Gasteiger partial charge in [-0.3, -0.25) is 0 Å². The lowest BCUT2D eigenvalue weighted by atomic mass is 9.87. The molecule has 0 saturated carbocycles. The van der Waals surface area contributed by atoms with E-state index in [0.717, 1.165) is 32.6 Å². The monoisotopic (exact) mass is 202 g/mol. The zero-order valence-corrected chi connectivity index (χ0v) is 9.21. The van der Waals surface area contributed by atoms with Gasteiger partial charge in [-0.25, -0.2) is 0 Å². The molecule has 4 nitrogen and oxygen atoms in total. The summed E-state index contributed by atoms with van der Waals surface area (Å²) in [6, 6.07) is 0. The van der Waals surface area contributed by atoms with Crippen molar-refractivity contribution in [3.63, 3.8) is 0 Å². The molecule has 1 rings (SSSR count). The highest BCUT2D eigenvalue weighted by Gasteiger charge is 2.33. The quantitative estimate of drug-likeness (QED) is 0.622. The van der Waals surface area contributed by atoms with Gasteiger partial charge >= 0.3 is 0 Å². The molecule has 2 unspecified atom stereocenters. The summed E-state index contributed by atoms with van der Waals surface area (Å²) in [6.07, 6.45) is 2.30. The summed E-state index contributed by atoms with van der Waals surface area (Å²) in [5.74, 6) is 0. The normalized spacial score (nSPS) is 33.2. The Labute approximate surface area is 86.1 Å². The topological polar surface area (TPSA) is 56.5 Å². The maximum Gasteiger partial charge on any atom is 0.0587 e. The van der Waals surface area contributed by atoms with Crippen LogP contribution in [-0.4, -0.2) is 45.1 Å². The Kier molecular flexibility index (Phi) is 4.81. The standard InChI is InChI=1S/C10H22N2O2/c1-9-7-10(8-11,3-5-14-9)12-4-6-13-2/h9,12H,3-8,11H2,1-2H3. The van der Waals surface area contributed by atoms with E-state index in [2.05, 4.69) is 12.2 Å². The summed E-state index contributed by atoms with van der Waals surface area (Å²) in [7, 11) is 1.71. The van der Waals surface area contributed by atoms with Gasteiger partial charge < -0.3 is 20.5 Å². The van der Waals surface area contributed by atoms with E-state index in [9.17, 15) is 0 Å². The molecule has 0 aromatic rings. The predicted molar refractivity (Wildman–Crippen MR) is 56.3 cm³/mol. The lowest BCUT2D eigenvalue weighted by molar-refractivity contribution is -0.0175. The highest BCUT2D eigenvalue weighted by atomic mass is 16.5. The summed E-state index contributed by atoms with van der Waals surface area (Å²) in [6.45, 7) is 5.17. The second-order valence-corrected chi connectivity index (χ2v) is 4.04. The second-order valence-electron chi connectivity index (χ2n) is 4.04. The molecule has 1 fully saturated rings. The third-order valence-corrected chi connectivity index (χ3v) is 2.86. The first kappa shape index (κ1) is 11.9. The van der Waals surface area contributed by atoms with E-state index in [0.29, 0.717) is 12.6 Å². The molecule has 0 spiro atoms. The Balaban J connectivity index is 2.39. The van der Waals surface area contributed by atoms with Crippen LogP contribution in [0.3, 0.4) is 0 Å². The smallest absolute Gasteiger partial charge is 0.0587 e. The van der Waals surface area contributed by atoms with Crippen molar-refractivity contribution in [2.75, 3.05) is 33.4 Å². The molecule has 3 N–H and O–H groups in total. The van der Waals surface area contributed by atoms with E-state index in [1.165, 1.54) is 0 Å². The molecule has 4 heteroatoms.